The maximum atomic E-state index is 13.0. The van der Waals surface area contributed by atoms with E-state index >= 15 is 0 Å². The maximum Gasteiger partial charge on any atom is 0.391 e. The third-order valence-electron chi connectivity index (χ3n) is 2.32. The topological polar surface area (TPSA) is 72.2 Å². The van der Waals surface area contributed by atoms with Gasteiger partial charge in [0.2, 0.25) is 5.82 Å². The number of nitro benzene ring substituents is 1. The number of nitro groups is 1. The number of halogens is 4. The van der Waals surface area contributed by atoms with Crippen LogP contribution < -0.4 is 5.32 Å². The predicted molar refractivity (Wildman–Crippen MR) is 60.7 cm³/mol. The molecule has 1 unspecified atom stereocenters. The molecule has 1 atom stereocenters. The van der Waals surface area contributed by atoms with Crippen molar-refractivity contribution in [1.82, 2.24) is 5.32 Å². The van der Waals surface area contributed by atoms with Crippen molar-refractivity contribution in [2.45, 2.75) is 25.6 Å². The number of rotatable bonds is 4. The molecule has 0 heterocycles. The summed E-state index contributed by atoms with van der Waals surface area (Å²) in [5.74, 6) is -2.07. The molecule has 0 aliphatic carbocycles. The van der Waals surface area contributed by atoms with Crippen molar-refractivity contribution < 1.29 is 27.3 Å². The Bertz CT molecular complexity index is 531. The summed E-state index contributed by atoms with van der Waals surface area (Å²) in [6.45, 7) is 1.14. The summed E-state index contributed by atoms with van der Waals surface area (Å²) >= 11 is 0. The van der Waals surface area contributed by atoms with Gasteiger partial charge in [-0.2, -0.15) is 17.6 Å². The van der Waals surface area contributed by atoms with E-state index in [1.807, 2.05) is 5.32 Å². The molecule has 1 rings (SSSR count). The van der Waals surface area contributed by atoms with Gasteiger partial charge in [-0.3, -0.25) is 14.9 Å². The second kappa shape index (κ2) is 5.85. The number of hydrogen-bond donors (Lipinski definition) is 1. The van der Waals surface area contributed by atoms with Crippen LogP contribution in [0.3, 0.4) is 0 Å². The fraction of sp³-hybridized carbons (Fsp3) is 0.364. The first-order chi connectivity index (χ1) is 9.10. The highest BCUT2D eigenvalue weighted by atomic mass is 19.4. The molecule has 1 N–H and O–H groups in total. The van der Waals surface area contributed by atoms with E-state index in [1.165, 1.54) is 0 Å². The SMILES string of the molecule is CC(CC(F)(F)F)NC(=O)c1ccc(F)c([N+](=O)[O-])c1. The molecule has 0 aromatic heterocycles. The van der Waals surface area contributed by atoms with Crippen LogP contribution in [0.1, 0.15) is 23.7 Å². The Morgan fingerprint density at radius 3 is 2.55 bits per heavy atom. The van der Waals surface area contributed by atoms with Gasteiger partial charge in [-0.15, -0.1) is 0 Å². The van der Waals surface area contributed by atoms with E-state index in [4.69, 9.17) is 0 Å². The maximum absolute atomic E-state index is 13.0. The molecule has 5 nitrogen and oxygen atoms in total. The normalized spacial score (nSPS) is 12.8. The van der Waals surface area contributed by atoms with Crippen molar-refractivity contribution in [3.8, 4) is 0 Å². The Balaban J connectivity index is 2.83. The van der Waals surface area contributed by atoms with Crippen LogP contribution in [-0.4, -0.2) is 23.0 Å². The van der Waals surface area contributed by atoms with Gasteiger partial charge in [0.1, 0.15) is 0 Å². The number of nitrogens with one attached hydrogen (secondary N) is 1. The lowest BCUT2D eigenvalue weighted by molar-refractivity contribution is -0.387. The Hall–Kier alpha value is -2.19. The average Bonchev–Trinajstić information content (AvgIpc) is 2.26. The van der Waals surface area contributed by atoms with Crippen molar-refractivity contribution >= 4 is 11.6 Å². The summed E-state index contributed by atoms with van der Waals surface area (Å²) in [5, 5.41) is 12.5. The van der Waals surface area contributed by atoms with Crippen molar-refractivity contribution in [1.29, 1.82) is 0 Å². The summed E-state index contributed by atoms with van der Waals surface area (Å²) in [7, 11) is 0. The molecule has 0 saturated carbocycles. The van der Waals surface area contributed by atoms with Gasteiger partial charge in [0, 0.05) is 17.7 Å². The van der Waals surface area contributed by atoms with E-state index in [0.29, 0.717) is 12.1 Å². The summed E-state index contributed by atoms with van der Waals surface area (Å²) < 4.78 is 49.3. The number of alkyl halides is 3. The van der Waals surface area contributed by atoms with Crippen molar-refractivity contribution in [3.63, 3.8) is 0 Å². The lowest BCUT2D eigenvalue weighted by atomic mass is 10.1. The van der Waals surface area contributed by atoms with E-state index < -0.39 is 41.0 Å². The van der Waals surface area contributed by atoms with Gasteiger partial charge >= 0.3 is 11.9 Å². The number of hydrogen-bond acceptors (Lipinski definition) is 3. The van der Waals surface area contributed by atoms with Crippen LogP contribution in [0.2, 0.25) is 0 Å². The van der Waals surface area contributed by atoms with Crippen LogP contribution in [0.5, 0.6) is 0 Å². The Kier molecular flexibility index (Phi) is 4.64. The third-order valence-corrected chi connectivity index (χ3v) is 2.32. The largest absolute Gasteiger partial charge is 0.391 e. The highest BCUT2D eigenvalue weighted by Crippen LogP contribution is 2.22. The molecule has 0 fully saturated rings. The standard InChI is InChI=1S/C11H10F4N2O3/c1-6(5-11(13,14)15)16-10(18)7-2-3-8(12)9(4-7)17(19)20/h2-4,6H,5H2,1H3,(H,16,18). The molecule has 0 aliphatic rings. The summed E-state index contributed by atoms with van der Waals surface area (Å²) in [6.07, 6.45) is -5.68. The minimum Gasteiger partial charge on any atom is -0.349 e. The fourth-order valence-corrected chi connectivity index (χ4v) is 1.50. The molecule has 0 bridgehead atoms. The lowest BCUT2D eigenvalue weighted by Gasteiger charge is -2.15. The van der Waals surface area contributed by atoms with E-state index in [2.05, 4.69) is 0 Å². The molecular weight excluding hydrogens is 284 g/mol. The summed E-state index contributed by atoms with van der Waals surface area (Å²) in [5.41, 5.74) is -1.20. The number of amides is 1. The van der Waals surface area contributed by atoms with Gasteiger partial charge in [-0.25, -0.2) is 0 Å². The zero-order valence-corrected chi connectivity index (χ0v) is 10.2. The highest BCUT2D eigenvalue weighted by molar-refractivity contribution is 5.95. The number of benzene rings is 1. The molecule has 0 saturated heterocycles. The molecule has 0 radical (unpaired) electrons. The molecular formula is C11H10F4N2O3. The first-order valence-corrected chi connectivity index (χ1v) is 5.41. The van der Waals surface area contributed by atoms with Crippen LogP contribution in [0.4, 0.5) is 23.2 Å². The van der Waals surface area contributed by atoms with Gasteiger partial charge in [-0.05, 0) is 19.1 Å². The molecule has 1 aromatic rings. The smallest absolute Gasteiger partial charge is 0.349 e. The first kappa shape index (κ1) is 15.9. The Morgan fingerprint density at radius 1 is 1.45 bits per heavy atom. The predicted octanol–water partition coefficient (Wildman–Crippen LogP) is 2.80. The van der Waals surface area contributed by atoms with Gasteiger partial charge in [0.05, 0.1) is 11.3 Å². The van der Waals surface area contributed by atoms with Crippen LogP contribution in [0.25, 0.3) is 0 Å². The van der Waals surface area contributed by atoms with Crippen LogP contribution in [-0.2, 0) is 0 Å². The van der Waals surface area contributed by atoms with Gasteiger partial charge in [0.15, 0.2) is 0 Å². The molecule has 9 heteroatoms. The van der Waals surface area contributed by atoms with Crippen molar-refractivity contribution in [2.24, 2.45) is 0 Å². The first-order valence-electron chi connectivity index (χ1n) is 5.41. The van der Waals surface area contributed by atoms with E-state index in [-0.39, 0.29) is 5.56 Å². The molecule has 0 aliphatic heterocycles. The summed E-state index contributed by atoms with van der Waals surface area (Å²) in [6, 6.07) is 1.14. The number of carbonyl (C=O) groups excluding carboxylic acids is 1. The van der Waals surface area contributed by atoms with Crippen LogP contribution in [0, 0.1) is 15.9 Å². The number of nitrogens with zero attached hydrogens (tertiary/aromatic N) is 1. The molecule has 0 spiro atoms. The quantitative estimate of drug-likeness (QED) is 0.527. The fourth-order valence-electron chi connectivity index (χ4n) is 1.50. The van der Waals surface area contributed by atoms with Crippen LogP contribution >= 0.6 is 0 Å². The van der Waals surface area contributed by atoms with E-state index in [0.717, 1.165) is 13.0 Å². The van der Waals surface area contributed by atoms with Gasteiger partial charge in [0.25, 0.3) is 5.91 Å². The Labute approximate surface area is 110 Å². The summed E-state index contributed by atoms with van der Waals surface area (Å²) in [4.78, 5) is 21.1. The van der Waals surface area contributed by atoms with E-state index in [9.17, 15) is 32.5 Å². The van der Waals surface area contributed by atoms with Crippen LogP contribution in [0.15, 0.2) is 18.2 Å². The van der Waals surface area contributed by atoms with E-state index in [1.54, 1.807) is 0 Å². The second-order valence-electron chi connectivity index (χ2n) is 4.12. The number of carbonyl (C=O) groups is 1. The van der Waals surface area contributed by atoms with Crippen molar-refractivity contribution in [2.75, 3.05) is 0 Å². The van der Waals surface area contributed by atoms with Gasteiger partial charge < -0.3 is 5.32 Å². The lowest BCUT2D eigenvalue weighted by Crippen LogP contribution is -2.35. The van der Waals surface area contributed by atoms with Crippen molar-refractivity contribution in [3.05, 3.63) is 39.7 Å². The zero-order valence-electron chi connectivity index (χ0n) is 10.2. The van der Waals surface area contributed by atoms with Gasteiger partial charge in [-0.1, -0.05) is 0 Å². The Morgan fingerprint density at radius 2 is 2.05 bits per heavy atom. The molecule has 20 heavy (non-hydrogen) atoms. The minimum atomic E-state index is -4.44. The minimum absolute atomic E-state index is 0.285. The molecule has 110 valence electrons. The monoisotopic (exact) mass is 294 g/mol. The zero-order chi connectivity index (χ0) is 15.5. The molecule has 1 aromatic carbocycles. The average molecular weight is 294 g/mol. The highest BCUT2D eigenvalue weighted by Gasteiger charge is 2.30. The molecule has 1 amide bonds. The third kappa shape index (κ3) is 4.48. The second-order valence-corrected chi connectivity index (χ2v) is 4.12.